The number of thioether (sulfide) groups is 1. The predicted octanol–water partition coefficient (Wildman–Crippen LogP) is 1.72. The van der Waals surface area contributed by atoms with Crippen LogP contribution in [0.5, 0.6) is 0 Å². The lowest BCUT2D eigenvalue weighted by atomic mass is 10.2. The number of aliphatic hydroxyl groups is 1. The summed E-state index contributed by atoms with van der Waals surface area (Å²) in [4.78, 5) is 13.5. The van der Waals surface area contributed by atoms with Gasteiger partial charge in [-0.2, -0.15) is 11.8 Å². The van der Waals surface area contributed by atoms with Crippen LogP contribution in [0.15, 0.2) is 0 Å². The van der Waals surface area contributed by atoms with Crippen molar-refractivity contribution in [2.75, 3.05) is 19.4 Å². The standard InChI is InChI=1S/C11H21NO3S/c1-11(2,3)15-10(14)12-6-9(16-4)5-8(12)7-13/h8-9,13H,5-7H2,1-4H3/t8-,9?/m0/s1. The van der Waals surface area contributed by atoms with E-state index in [2.05, 4.69) is 0 Å². The SMILES string of the molecule is CSC1C[C@@H](CO)N(C(=O)OC(C)(C)C)C1. The minimum absolute atomic E-state index is 0.0102. The molecule has 0 aromatic rings. The Balaban J connectivity index is 2.61. The first kappa shape index (κ1) is 13.6. The molecule has 4 nitrogen and oxygen atoms in total. The first-order valence-corrected chi connectivity index (χ1v) is 6.79. The van der Waals surface area contributed by atoms with Crippen molar-refractivity contribution in [2.24, 2.45) is 0 Å². The van der Waals surface area contributed by atoms with Crippen LogP contribution in [0.3, 0.4) is 0 Å². The Hall–Kier alpha value is -0.420. The average Bonchev–Trinajstić information content (AvgIpc) is 2.58. The van der Waals surface area contributed by atoms with Crippen molar-refractivity contribution >= 4 is 17.9 Å². The number of ether oxygens (including phenoxy) is 1. The van der Waals surface area contributed by atoms with E-state index in [-0.39, 0.29) is 18.7 Å². The smallest absolute Gasteiger partial charge is 0.410 e. The minimum atomic E-state index is -0.478. The van der Waals surface area contributed by atoms with Crippen LogP contribution in [0.4, 0.5) is 4.79 Å². The van der Waals surface area contributed by atoms with E-state index < -0.39 is 5.60 Å². The second kappa shape index (κ2) is 5.27. The molecule has 1 heterocycles. The van der Waals surface area contributed by atoms with Gasteiger partial charge in [0, 0.05) is 11.8 Å². The van der Waals surface area contributed by atoms with Gasteiger partial charge in [0.05, 0.1) is 12.6 Å². The molecule has 1 aliphatic rings. The van der Waals surface area contributed by atoms with E-state index in [9.17, 15) is 9.90 Å². The zero-order chi connectivity index (χ0) is 12.3. The molecule has 2 atom stereocenters. The van der Waals surface area contributed by atoms with Gasteiger partial charge >= 0.3 is 6.09 Å². The molecule has 1 aliphatic heterocycles. The van der Waals surface area contributed by atoms with Crippen molar-refractivity contribution in [2.45, 2.75) is 44.1 Å². The van der Waals surface area contributed by atoms with Gasteiger partial charge in [-0.15, -0.1) is 0 Å². The van der Waals surface area contributed by atoms with Crippen LogP contribution in [0.1, 0.15) is 27.2 Å². The molecule has 5 heteroatoms. The summed E-state index contributed by atoms with van der Waals surface area (Å²) in [5.74, 6) is 0. The normalized spacial score (nSPS) is 25.9. The quantitative estimate of drug-likeness (QED) is 0.807. The summed E-state index contributed by atoms with van der Waals surface area (Å²) in [6.07, 6.45) is 2.55. The highest BCUT2D eigenvalue weighted by molar-refractivity contribution is 7.99. The second-order valence-corrected chi connectivity index (χ2v) is 6.20. The molecule has 94 valence electrons. The number of aliphatic hydroxyl groups excluding tert-OH is 1. The fourth-order valence-corrected chi connectivity index (χ4v) is 2.49. The van der Waals surface area contributed by atoms with E-state index >= 15 is 0 Å². The van der Waals surface area contributed by atoms with Crippen LogP contribution < -0.4 is 0 Å². The predicted molar refractivity (Wildman–Crippen MR) is 65.7 cm³/mol. The van der Waals surface area contributed by atoms with Gasteiger partial charge in [-0.05, 0) is 33.4 Å². The summed E-state index contributed by atoms with van der Waals surface area (Å²) >= 11 is 1.73. The lowest BCUT2D eigenvalue weighted by Gasteiger charge is -2.27. The maximum absolute atomic E-state index is 11.9. The van der Waals surface area contributed by atoms with Gasteiger partial charge in [0.2, 0.25) is 0 Å². The Labute approximate surface area is 101 Å². The Morgan fingerprint density at radius 1 is 1.56 bits per heavy atom. The molecule has 1 unspecified atom stereocenters. The van der Waals surface area contributed by atoms with Gasteiger partial charge in [-0.3, -0.25) is 0 Å². The van der Waals surface area contributed by atoms with E-state index in [1.165, 1.54) is 0 Å². The number of rotatable bonds is 2. The van der Waals surface area contributed by atoms with Crippen LogP contribution in [-0.2, 0) is 4.74 Å². The molecule has 1 N–H and O–H groups in total. The van der Waals surface area contributed by atoms with Crippen molar-refractivity contribution in [3.8, 4) is 0 Å². The monoisotopic (exact) mass is 247 g/mol. The van der Waals surface area contributed by atoms with Gasteiger partial charge in [-0.1, -0.05) is 0 Å². The number of likely N-dealkylation sites (tertiary alicyclic amines) is 1. The van der Waals surface area contributed by atoms with E-state index in [4.69, 9.17) is 4.74 Å². The largest absolute Gasteiger partial charge is 0.444 e. The summed E-state index contributed by atoms with van der Waals surface area (Å²) in [6.45, 7) is 6.22. The number of hydrogen-bond donors (Lipinski definition) is 1. The maximum Gasteiger partial charge on any atom is 0.410 e. The zero-order valence-electron chi connectivity index (χ0n) is 10.4. The van der Waals surface area contributed by atoms with Crippen LogP contribution in [-0.4, -0.2) is 52.4 Å². The van der Waals surface area contributed by atoms with Gasteiger partial charge in [-0.25, -0.2) is 4.79 Å². The molecule has 1 rings (SSSR count). The zero-order valence-corrected chi connectivity index (χ0v) is 11.2. The molecule has 0 aromatic heterocycles. The summed E-state index contributed by atoms with van der Waals surface area (Å²) in [7, 11) is 0. The fourth-order valence-electron chi connectivity index (χ4n) is 1.76. The number of hydrogen-bond acceptors (Lipinski definition) is 4. The van der Waals surface area contributed by atoms with E-state index in [0.29, 0.717) is 11.8 Å². The first-order valence-electron chi connectivity index (χ1n) is 5.50. The number of carbonyl (C=O) groups excluding carboxylic acids is 1. The topological polar surface area (TPSA) is 49.8 Å². The van der Waals surface area contributed by atoms with Crippen molar-refractivity contribution < 1.29 is 14.6 Å². The third kappa shape index (κ3) is 3.56. The third-order valence-electron chi connectivity index (χ3n) is 2.55. The van der Waals surface area contributed by atoms with Crippen LogP contribution in [0, 0.1) is 0 Å². The molecular weight excluding hydrogens is 226 g/mol. The Bertz CT molecular complexity index is 252. The van der Waals surface area contributed by atoms with E-state index in [1.54, 1.807) is 16.7 Å². The van der Waals surface area contributed by atoms with Crippen molar-refractivity contribution in [3.05, 3.63) is 0 Å². The summed E-state index contributed by atoms with van der Waals surface area (Å²) in [5.41, 5.74) is -0.478. The van der Waals surface area contributed by atoms with Crippen LogP contribution >= 0.6 is 11.8 Å². The summed E-state index contributed by atoms with van der Waals surface area (Å²) in [5, 5.41) is 9.65. The summed E-state index contributed by atoms with van der Waals surface area (Å²) < 4.78 is 5.31. The van der Waals surface area contributed by atoms with Gasteiger partial charge in [0.25, 0.3) is 0 Å². The van der Waals surface area contributed by atoms with Crippen molar-refractivity contribution in [1.29, 1.82) is 0 Å². The number of amides is 1. The van der Waals surface area contributed by atoms with Gasteiger partial charge < -0.3 is 14.7 Å². The summed E-state index contributed by atoms with van der Waals surface area (Å²) in [6, 6.07) is -0.0905. The van der Waals surface area contributed by atoms with E-state index in [0.717, 1.165) is 6.42 Å². The third-order valence-corrected chi connectivity index (χ3v) is 3.56. The average molecular weight is 247 g/mol. The van der Waals surface area contributed by atoms with E-state index in [1.807, 2.05) is 27.0 Å². The van der Waals surface area contributed by atoms with Crippen LogP contribution in [0.2, 0.25) is 0 Å². The molecule has 0 bridgehead atoms. The van der Waals surface area contributed by atoms with Crippen molar-refractivity contribution in [3.63, 3.8) is 0 Å². The Kier molecular flexibility index (Phi) is 4.50. The number of carbonyl (C=O) groups is 1. The van der Waals surface area contributed by atoms with Crippen LogP contribution in [0.25, 0.3) is 0 Å². The molecule has 0 aromatic carbocycles. The molecule has 0 saturated carbocycles. The highest BCUT2D eigenvalue weighted by Gasteiger charge is 2.36. The molecule has 0 radical (unpaired) electrons. The molecular formula is C11H21NO3S. The first-order chi connectivity index (χ1) is 7.37. The highest BCUT2D eigenvalue weighted by atomic mass is 32.2. The molecule has 1 amide bonds. The molecule has 0 aliphatic carbocycles. The van der Waals surface area contributed by atoms with Crippen molar-refractivity contribution in [1.82, 2.24) is 4.90 Å². The Morgan fingerprint density at radius 3 is 2.62 bits per heavy atom. The molecule has 1 saturated heterocycles. The van der Waals surface area contributed by atoms with Gasteiger partial charge in [0.1, 0.15) is 5.60 Å². The number of nitrogens with zero attached hydrogens (tertiary/aromatic N) is 1. The highest BCUT2D eigenvalue weighted by Crippen LogP contribution is 2.27. The molecule has 0 spiro atoms. The molecule has 16 heavy (non-hydrogen) atoms. The fraction of sp³-hybridized carbons (Fsp3) is 0.909. The minimum Gasteiger partial charge on any atom is -0.444 e. The lowest BCUT2D eigenvalue weighted by molar-refractivity contribution is 0.0176. The molecule has 1 fully saturated rings. The Morgan fingerprint density at radius 2 is 2.19 bits per heavy atom. The lowest BCUT2D eigenvalue weighted by Crippen LogP contribution is -2.41. The maximum atomic E-state index is 11.9. The second-order valence-electron chi connectivity index (χ2n) is 5.06. The van der Waals surface area contributed by atoms with Gasteiger partial charge in [0.15, 0.2) is 0 Å².